The van der Waals surface area contributed by atoms with Crippen LogP contribution in [-0.4, -0.2) is 23.5 Å². The molecule has 0 saturated heterocycles. The Bertz CT molecular complexity index is 1810. The fraction of sp³-hybridized carbons (Fsp3) is 0.111. The predicted molar refractivity (Wildman–Crippen MR) is 176 cm³/mol. The van der Waals surface area contributed by atoms with Gasteiger partial charge in [0.05, 0.1) is 12.8 Å². The maximum Gasteiger partial charge on any atom is 0.149 e. The first-order valence-electron chi connectivity index (χ1n) is 13.9. The summed E-state index contributed by atoms with van der Waals surface area (Å²) in [5.74, 6) is 1.29. The number of benzene rings is 4. The molecule has 6 rings (SSSR count). The van der Waals surface area contributed by atoms with E-state index >= 15 is 0 Å². The average Bonchev–Trinajstić information content (AvgIpc) is 3.03. The van der Waals surface area contributed by atoms with E-state index in [1.807, 2.05) is 78.9 Å². The van der Waals surface area contributed by atoms with Crippen LogP contribution in [0, 0.1) is 11.3 Å². The summed E-state index contributed by atoms with van der Waals surface area (Å²) in [6.45, 7) is 2.07. The fourth-order valence-electron chi connectivity index (χ4n) is 5.41. The topological polar surface area (TPSA) is 61.2 Å². The van der Waals surface area contributed by atoms with Gasteiger partial charge in [-0.2, -0.15) is 5.26 Å². The fourth-order valence-corrected chi connectivity index (χ4v) is 5.66. The standard InChI is InChI=1S/C36H28Cl2N4O/c1-43-31-17-7-24(8-18-31)19-27-22-42(21-25-5-3-2-4-6-25)23-33-34(26-9-11-28(37)12-10-26)32(20-39)36(41-35(27)33)40-30-15-13-29(38)14-16-30/h2-19H,21-23H2,1H3,(H,40,41)/b27-19+. The second kappa shape index (κ2) is 12.7. The molecule has 0 atom stereocenters. The quantitative estimate of drug-likeness (QED) is 0.201. The molecule has 0 radical (unpaired) electrons. The number of halogens is 2. The van der Waals surface area contributed by atoms with Gasteiger partial charge in [0.2, 0.25) is 0 Å². The SMILES string of the molecule is COc1ccc(/C=C2\CN(Cc3ccccc3)Cc3c2nc(Nc2ccc(Cl)cc2)c(C#N)c3-c2ccc(Cl)cc2)cc1. The van der Waals surface area contributed by atoms with Crippen molar-refractivity contribution < 1.29 is 4.74 Å². The molecular formula is C36H28Cl2N4O. The van der Waals surface area contributed by atoms with Crippen molar-refractivity contribution in [2.45, 2.75) is 13.1 Å². The highest BCUT2D eigenvalue weighted by Crippen LogP contribution is 2.41. The first kappa shape index (κ1) is 28.5. The number of rotatable bonds is 7. The number of fused-ring (bicyclic) bond motifs is 1. The maximum atomic E-state index is 10.6. The van der Waals surface area contributed by atoms with Crippen molar-refractivity contribution in [3.8, 4) is 22.9 Å². The van der Waals surface area contributed by atoms with Crippen molar-refractivity contribution in [1.29, 1.82) is 5.26 Å². The van der Waals surface area contributed by atoms with Crippen molar-refractivity contribution in [2.75, 3.05) is 19.0 Å². The van der Waals surface area contributed by atoms with Crippen LogP contribution in [0.1, 0.15) is 27.9 Å². The number of aromatic nitrogens is 1. The molecular weight excluding hydrogens is 575 g/mol. The molecule has 0 saturated carbocycles. The van der Waals surface area contributed by atoms with Gasteiger partial charge >= 0.3 is 0 Å². The molecule has 212 valence electrons. The lowest BCUT2D eigenvalue weighted by Crippen LogP contribution is -2.31. The first-order chi connectivity index (χ1) is 21.0. The lowest BCUT2D eigenvalue weighted by atomic mass is 9.88. The van der Waals surface area contributed by atoms with Crippen molar-refractivity contribution in [3.63, 3.8) is 0 Å². The summed E-state index contributed by atoms with van der Waals surface area (Å²) in [6, 6.07) is 35.9. The Morgan fingerprint density at radius 2 is 1.56 bits per heavy atom. The zero-order chi connectivity index (χ0) is 29.8. The molecule has 1 aliphatic heterocycles. The largest absolute Gasteiger partial charge is 0.497 e. The number of pyridine rings is 1. The van der Waals surface area contributed by atoms with E-state index in [1.165, 1.54) is 5.56 Å². The normalized spacial score (nSPS) is 13.8. The Hall–Kier alpha value is -4.60. The van der Waals surface area contributed by atoms with Crippen LogP contribution in [0.2, 0.25) is 10.0 Å². The Balaban J connectivity index is 1.56. The van der Waals surface area contributed by atoms with E-state index in [9.17, 15) is 5.26 Å². The zero-order valence-corrected chi connectivity index (χ0v) is 25.0. The van der Waals surface area contributed by atoms with Crippen LogP contribution < -0.4 is 10.1 Å². The number of hydrogen-bond donors (Lipinski definition) is 1. The van der Waals surface area contributed by atoms with Crippen molar-refractivity contribution in [3.05, 3.63) is 141 Å². The van der Waals surface area contributed by atoms with Crippen molar-refractivity contribution in [2.24, 2.45) is 0 Å². The monoisotopic (exact) mass is 602 g/mol. The summed E-state index contributed by atoms with van der Waals surface area (Å²) >= 11 is 12.4. The second-order valence-corrected chi connectivity index (χ2v) is 11.2. The third-order valence-electron chi connectivity index (χ3n) is 7.44. The molecule has 1 aromatic heterocycles. The van der Waals surface area contributed by atoms with Gasteiger partial charge in [-0.05, 0) is 76.9 Å². The Labute approximate surface area is 261 Å². The van der Waals surface area contributed by atoms with Gasteiger partial charge in [0.25, 0.3) is 0 Å². The number of ether oxygens (including phenoxy) is 1. The summed E-state index contributed by atoms with van der Waals surface area (Å²) in [4.78, 5) is 7.54. The molecule has 5 aromatic rings. The molecule has 0 unspecified atom stereocenters. The highest BCUT2D eigenvalue weighted by molar-refractivity contribution is 6.31. The number of anilines is 2. The first-order valence-corrected chi connectivity index (χ1v) is 14.6. The molecule has 4 aromatic carbocycles. The van der Waals surface area contributed by atoms with E-state index < -0.39 is 0 Å². The van der Waals surface area contributed by atoms with Gasteiger partial charge in [0.1, 0.15) is 23.2 Å². The minimum atomic E-state index is 0.474. The summed E-state index contributed by atoms with van der Waals surface area (Å²) in [6.07, 6.45) is 2.17. The molecule has 5 nitrogen and oxygen atoms in total. The minimum absolute atomic E-state index is 0.474. The highest BCUT2D eigenvalue weighted by Gasteiger charge is 2.29. The van der Waals surface area contributed by atoms with Crippen LogP contribution in [0.4, 0.5) is 11.5 Å². The molecule has 7 heteroatoms. The van der Waals surface area contributed by atoms with Gasteiger partial charge < -0.3 is 10.1 Å². The van der Waals surface area contributed by atoms with Gasteiger partial charge in [0, 0.05) is 46.5 Å². The van der Waals surface area contributed by atoms with E-state index in [0.29, 0.717) is 34.5 Å². The average molecular weight is 604 g/mol. The van der Waals surface area contributed by atoms with E-state index in [1.54, 1.807) is 7.11 Å². The van der Waals surface area contributed by atoms with Gasteiger partial charge in [0.15, 0.2) is 0 Å². The molecule has 2 heterocycles. The van der Waals surface area contributed by atoms with Gasteiger partial charge in [-0.15, -0.1) is 0 Å². The number of hydrogen-bond acceptors (Lipinski definition) is 5. The Morgan fingerprint density at radius 1 is 0.884 bits per heavy atom. The van der Waals surface area contributed by atoms with Crippen LogP contribution in [-0.2, 0) is 13.1 Å². The maximum absolute atomic E-state index is 10.6. The van der Waals surface area contributed by atoms with Crippen LogP contribution in [0.15, 0.2) is 103 Å². The highest BCUT2D eigenvalue weighted by atomic mass is 35.5. The molecule has 43 heavy (non-hydrogen) atoms. The van der Waals surface area contributed by atoms with E-state index in [0.717, 1.165) is 51.5 Å². The lowest BCUT2D eigenvalue weighted by molar-refractivity contribution is 0.282. The van der Waals surface area contributed by atoms with Gasteiger partial charge in [-0.1, -0.05) is 77.8 Å². The third kappa shape index (κ3) is 6.43. The molecule has 1 aliphatic rings. The van der Waals surface area contributed by atoms with Crippen LogP contribution >= 0.6 is 23.2 Å². The molecule has 0 spiro atoms. The van der Waals surface area contributed by atoms with E-state index in [4.69, 9.17) is 32.9 Å². The second-order valence-electron chi connectivity index (χ2n) is 10.4. The predicted octanol–water partition coefficient (Wildman–Crippen LogP) is 9.24. The minimum Gasteiger partial charge on any atom is -0.497 e. The number of nitrogens with one attached hydrogen (secondary N) is 1. The number of methoxy groups -OCH3 is 1. The van der Waals surface area contributed by atoms with Gasteiger partial charge in [-0.3, -0.25) is 4.90 Å². The van der Waals surface area contributed by atoms with Crippen molar-refractivity contribution in [1.82, 2.24) is 9.88 Å². The van der Waals surface area contributed by atoms with Crippen molar-refractivity contribution >= 4 is 46.4 Å². The van der Waals surface area contributed by atoms with E-state index in [2.05, 4.69) is 46.6 Å². The molecule has 0 amide bonds. The summed E-state index contributed by atoms with van der Waals surface area (Å²) in [7, 11) is 1.66. The zero-order valence-electron chi connectivity index (χ0n) is 23.5. The molecule has 0 aliphatic carbocycles. The van der Waals surface area contributed by atoms with Crippen LogP contribution in [0.5, 0.6) is 5.75 Å². The summed E-state index contributed by atoms with van der Waals surface area (Å²) < 4.78 is 5.38. The Morgan fingerprint density at radius 3 is 2.21 bits per heavy atom. The summed E-state index contributed by atoms with van der Waals surface area (Å²) in [5.41, 5.74) is 8.19. The lowest BCUT2D eigenvalue weighted by Gasteiger charge is -2.33. The number of nitriles is 1. The third-order valence-corrected chi connectivity index (χ3v) is 7.94. The molecule has 0 bridgehead atoms. The van der Waals surface area contributed by atoms with Crippen LogP contribution in [0.3, 0.4) is 0 Å². The molecule has 0 fully saturated rings. The van der Waals surface area contributed by atoms with Gasteiger partial charge in [-0.25, -0.2) is 4.98 Å². The summed E-state index contributed by atoms with van der Waals surface area (Å²) in [5, 5.41) is 15.2. The molecule has 1 N–H and O–H groups in total. The smallest absolute Gasteiger partial charge is 0.149 e. The number of nitrogens with zero attached hydrogens (tertiary/aromatic N) is 3. The van der Waals surface area contributed by atoms with E-state index in [-0.39, 0.29) is 0 Å². The Kier molecular flexibility index (Phi) is 8.44. The van der Waals surface area contributed by atoms with Crippen LogP contribution in [0.25, 0.3) is 22.8 Å².